The second-order valence-corrected chi connectivity index (χ2v) is 6.55. The summed E-state index contributed by atoms with van der Waals surface area (Å²) in [6.45, 7) is 2.94. The molecule has 0 unspecified atom stereocenters. The maximum absolute atomic E-state index is 11.8. The number of sulfonamides is 1. The molecule has 1 amide bonds. The van der Waals surface area contributed by atoms with E-state index in [0.717, 1.165) is 18.4 Å². The smallest absolute Gasteiger partial charge is 0.251 e. The number of anilines is 1. The zero-order valence-electron chi connectivity index (χ0n) is 11.1. The number of rotatable bonds is 3. The van der Waals surface area contributed by atoms with Gasteiger partial charge in [0.25, 0.3) is 5.91 Å². The molecule has 0 aliphatic carbocycles. The summed E-state index contributed by atoms with van der Waals surface area (Å²) < 4.78 is 24.8. The monoisotopic (exact) mass is 282 g/mol. The fourth-order valence-corrected chi connectivity index (χ4v) is 3.31. The summed E-state index contributed by atoms with van der Waals surface area (Å²) in [4.78, 5) is 11.8. The first-order valence-corrected chi connectivity index (χ1v) is 8.17. The van der Waals surface area contributed by atoms with Gasteiger partial charge in [-0.3, -0.25) is 9.10 Å². The van der Waals surface area contributed by atoms with Crippen molar-refractivity contribution < 1.29 is 13.2 Å². The lowest BCUT2D eigenvalue weighted by molar-refractivity contribution is 0.0955. The minimum absolute atomic E-state index is 0.123. The van der Waals surface area contributed by atoms with Crippen LogP contribution < -0.4 is 9.62 Å². The Labute approximate surface area is 113 Å². The third-order valence-electron chi connectivity index (χ3n) is 3.16. The van der Waals surface area contributed by atoms with Crippen LogP contribution in [0.15, 0.2) is 18.2 Å². The highest BCUT2D eigenvalue weighted by Crippen LogP contribution is 2.29. The third kappa shape index (κ3) is 2.89. The number of nitrogens with one attached hydrogen (secondary N) is 1. The van der Waals surface area contributed by atoms with E-state index in [1.807, 2.05) is 6.92 Å². The van der Waals surface area contributed by atoms with Crippen LogP contribution in [0.4, 0.5) is 5.69 Å². The first-order valence-electron chi connectivity index (χ1n) is 6.32. The van der Waals surface area contributed by atoms with E-state index in [4.69, 9.17) is 0 Å². The Kier molecular flexibility index (Phi) is 3.80. The summed E-state index contributed by atoms with van der Waals surface area (Å²) in [6.07, 6.45) is 2.79. The Hall–Kier alpha value is -1.56. The van der Waals surface area contributed by atoms with Gasteiger partial charge in [0.05, 0.1) is 11.9 Å². The van der Waals surface area contributed by atoms with Crippen LogP contribution in [0, 0.1) is 0 Å². The number of carbonyl (C=O) groups is 1. The number of fused-ring (bicyclic) bond motifs is 1. The first kappa shape index (κ1) is 13.9. The number of amides is 1. The highest BCUT2D eigenvalue weighted by atomic mass is 32.2. The summed E-state index contributed by atoms with van der Waals surface area (Å²) in [7, 11) is -3.25. The van der Waals surface area contributed by atoms with E-state index < -0.39 is 10.0 Å². The van der Waals surface area contributed by atoms with Crippen molar-refractivity contribution in [2.24, 2.45) is 0 Å². The lowest BCUT2D eigenvalue weighted by atomic mass is 10.0. The van der Waals surface area contributed by atoms with E-state index in [9.17, 15) is 13.2 Å². The van der Waals surface area contributed by atoms with Gasteiger partial charge in [-0.1, -0.05) is 0 Å². The molecule has 0 radical (unpaired) electrons. The molecule has 0 atom stereocenters. The lowest BCUT2D eigenvalue weighted by Gasteiger charge is -2.29. The summed E-state index contributed by atoms with van der Waals surface area (Å²) in [5, 5.41) is 2.74. The van der Waals surface area contributed by atoms with Crippen LogP contribution in [0.3, 0.4) is 0 Å². The molecule has 1 aliphatic rings. The van der Waals surface area contributed by atoms with E-state index in [2.05, 4.69) is 5.32 Å². The van der Waals surface area contributed by atoms with E-state index in [0.29, 0.717) is 24.3 Å². The number of hydrogen-bond donors (Lipinski definition) is 1. The van der Waals surface area contributed by atoms with Crippen molar-refractivity contribution in [2.45, 2.75) is 19.8 Å². The second kappa shape index (κ2) is 5.21. The van der Waals surface area contributed by atoms with Crippen LogP contribution in [0.1, 0.15) is 29.3 Å². The maximum Gasteiger partial charge on any atom is 0.251 e. The van der Waals surface area contributed by atoms with Crippen molar-refractivity contribution in [1.29, 1.82) is 0 Å². The molecule has 5 nitrogen and oxygen atoms in total. The summed E-state index contributed by atoms with van der Waals surface area (Å²) in [5.41, 5.74) is 2.19. The molecule has 0 spiro atoms. The van der Waals surface area contributed by atoms with E-state index in [-0.39, 0.29) is 5.91 Å². The third-order valence-corrected chi connectivity index (χ3v) is 4.34. The average molecular weight is 282 g/mol. The molecule has 19 heavy (non-hydrogen) atoms. The predicted molar refractivity (Wildman–Crippen MR) is 75.0 cm³/mol. The Bertz CT molecular complexity index is 596. The minimum atomic E-state index is -3.25. The van der Waals surface area contributed by atoms with Crippen LogP contribution in [0.5, 0.6) is 0 Å². The SMILES string of the molecule is CCNC(=O)c1ccc2c(c1)CCCN2S(C)(=O)=O. The zero-order valence-corrected chi connectivity index (χ0v) is 12.0. The molecule has 0 saturated carbocycles. The highest BCUT2D eigenvalue weighted by Gasteiger charge is 2.24. The number of benzene rings is 1. The molecule has 6 heteroatoms. The molecule has 0 saturated heterocycles. The van der Waals surface area contributed by atoms with E-state index in [1.54, 1.807) is 18.2 Å². The van der Waals surface area contributed by atoms with Gasteiger partial charge in [-0.2, -0.15) is 0 Å². The Morgan fingerprint density at radius 2 is 2.16 bits per heavy atom. The average Bonchev–Trinajstić information content (AvgIpc) is 2.36. The molecule has 2 rings (SSSR count). The molecule has 104 valence electrons. The normalized spacial score (nSPS) is 14.9. The van der Waals surface area contributed by atoms with Gasteiger partial charge in [0.15, 0.2) is 0 Å². The first-order chi connectivity index (χ1) is 8.93. The van der Waals surface area contributed by atoms with Crippen molar-refractivity contribution >= 4 is 21.6 Å². The van der Waals surface area contributed by atoms with Crippen molar-refractivity contribution in [2.75, 3.05) is 23.7 Å². The van der Waals surface area contributed by atoms with Crippen LogP contribution in [0.2, 0.25) is 0 Å². The van der Waals surface area contributed by atoms with Gasteiger partial charge in [-0.05, 0) is 43.5 Å². The standard InChI is InChI=1S/C13H18N2O3S/c1-3-14-13(16)11-6-7-12-10(9-11)5-4-8-15(12)19(2,17)18/h6-7,9H,3-5,8H2,1-2H3,(H,14,16). The largest absolute Gasteiger partial charge is 0.352 e. The van der Waals surface area contributed by atoms with Crippen LogP contribution in [-0.4, -0.2) is 33.7 Å². The van der Waals surface area contributed by atoms with Crippen molar-refractivity contribution in [3.8, 4) is 0 Å². The lowest BCUT2D eigenvalue weighted by Crippen LogP contribution is -2.34. The number of nitrogens with zero attached hydrogens (tertiary/aromatic N) is 1. The summed E-state index contributed by atoms with van der Waals surface area (Å²) in [6, 6.07) is 5.19. The van der Waals surface area contributed by atoms with Gasteiger partial charge in [-0.15, -0.1) is 0 Å². The van der Waals surface area contributed by atoms with Crippen LogP contribution in [0.25, 0.3) is 0 Å². The molecule has 1 heterocycles. The highest BCUT2D eigenvalue weighted by molar-refractivity contribution is 7.92. The van der Waals surface area contributed by atoms with Gasteiger partial charge in [0.2, 0.25) is 10.0 Å². The van der Waals surface area contributed by atoms with Gasteiger partial charge < -0.3 is 5.32 Å². The summed E-state index contributed by atoms with van der Waals surface area (Å²) in [5.74, 6) is -0.123. The topological polar surface area (TPSA) is 66.5 Å². The zero-order chi connectivity index (χ0) is 14.0. The van der Waals surface area contributed by atoms with Crippen molar-refractivity contribution in [1.82, 2.24) is 5.32 Å². The minimum Gasteiger partial charge on any atom is -0.352 e. The second-order valence-electron chi connectivity index (χ2n) is 4.64. The maximum atomic E-state index is 11.8. The Balaban J connectivity index is 2.39. The van der Waals surface area contributed by atoms with Crippen LogP contribution >= 0.6 is 0 Å². The van der Waals surface area contributed by atoms with Gasteiger partial charge in [-0.25, -0.2) is 8.42 Å². The quantitative estimate of drug-likeness (QED) is 0.904. The molecule has 0 fully saturated rings. The molecule has 1 aliphatic heterocycles. The number of carbonyl (C=O) groups excluding carboxylic acids is 1. The molecule has 1 aromatic rings. The number of hydrogen-bond acceptors (Lipinski definition) is 3. The van der Waals surface area contributed by atoms with Crippen LogP contribution in [-0.2, 0) is 16.4 Å². The predicted octanol–water partition coefficient (Wildman–Crippen LogP) is 1.15. The summed E-state index contributed by atoms with van der Waals surface area (Å²) >= 11 is 0. The van der Waals surface area contributed by atoms with E-state index >= 15 is 0 Å². The van der Waals surface area contributed by atoms with Gasteiger partial charge >= 0.3 is 0 Å². The fraction of sp³-hybridized carbons (Fsp3) is 0.462. The Morgan fingerprint density at radius 1 is 1.42 bits per heavy atom. The fourth-order valence-electron chi connectivity index (χ4n) is 2.31. The Morgan fingerprint density at radius 3 is 2.79 bits per heavy atom. The van der Waals surface area contributed by atoms with E-state index in [1.165, 1.54) is 10.6 Å². The van der Waals surface area contributed by atoms with Gasteiger partial charge in [0, 0.05) is 18.7 Å². The molecule has 1 aromatic carbocycles. The molecule has 0 bridgehead atoms. The van der Waals surface area contributed by atoms with Crippen molar-refractivity contribution in [3.05, 3.63) is 29.3 Å². The molecular weight excluding hydrogens is 264 g/mol. The van der Waals surface area contributed by atoms with Gasteiger partial charge in [0.1, 0.15) is 0 Å². The molecule has 1 N–H and O–H groups in total. The van der Waals surface area contributed by atoms with Crippen molar-refractivity contribution in [3.63, 3.8) is 0 Å². The molecular formula is C13H18N2O3S. The molecule has 0 aromatic heterocycles. The number of aryl methyl sites for hydroxylation is 1.